The normalized spacial score (nSPS) is 24.3. The Morgan fingerprint density at radius 2 is 1.94 bits per heavy atom. The highest BCUT2D eigenvalue weighted by Crippen LogP contribution is 2.28. The van der Waals surface area contributed by atoms with E-state index >= 15 is 0 Å². The van der Waals surface area contributed by atoms with Crippen LogP contribution >= 0.6 is 0 Å². The predicted molar refractivity (Wildman–Crippen MR) is 75.8 cm³/mol. The molecule has 0 spiro atoms. The zero-order chi connectivity index (χ0) is 12.8. The molecule has 3 heteroatoms. The zero-order valence-electron chi connectivity index (χ0n) is 12.2. The monoisotopic (exact) mass is 254 g/mol. The van der Waals surface area contributed by atoms with Crippen LogP contribution in [0.25, 0.3) is 0 Å². The van der Waals surface area contributed by atoms with Crippen molar-refractivity contribution in [1.82, 2.24) is 10.2 Å². The molecule has 3 nitrogen and oxygen atoms in total. The molecule has 1 atom stereocenters. The van der Waals surface area contributed by atoms with Crippen LogP contribution < -0.4 is 5.32 Å². The van der Waals surface area contributed by atoms with Gasteiger partial charge < -0.3 is 15.0 Å². The van der Waals surface area contributed by atoms with Crippen LogP contribution in [-0.2, 0) is 4.74 Å². The van der Waals surface area contributed by atoms with Crippen LogP contribution in [0.2, 0.25) is 0 Å². The Balaban J connectivity index is 1.44. The number of likely N-dealkylation sites (tertiary alicyclic amines) is 1. The highest BCUT2D eigenvalue weighted by molar-refractivity contribution is 4.78. The molecular formula is C15H30N2O. The maximum Gasteiger partial charge on any atom is 0.0494 e. The molecule has 0 aromatic rings. The lowest BCUT2D eigenvalue weighted by molar-refractivity contribution is 0.120. The van der Waals surface area contributed by atoms with Crippen molar-refractivity contribution in [2.75, 3.05) is 39.9 Å². The second-order valence-electron chi connectivity index (χ2n) is 6.26. The molecule has 0 radical (unpaired) electrons. The second kappa shape index (κ2) is 7.46. The van der Waals surface area contributed by atoms with Crippen LogP contribution in [0.3, 0.4) is 0 Å². The average molecular weight is 254 g/mol. The van der Waals surface area contributed by atoms with Gasteiger partial charge in [-0.15, -0.1) is 0 Å². The van der Waals surface area contributed by atoms with Gasteiger partial charge in [-0.3, -0.25) is 0 Å². The van der Waals surface area contributed by atoms with Gasteiger partial charge in [0.15, 0.2) is 0 Å². The Kier molecular flexibility index (Phi) is 5.93. The Labute approximate surface area is 112 Å². The summed E-state index contributed by atoms with van der Waals surface area (Å²) in [5.41, 5.74) is 0. The second-order valence-corrected chi connectivity index (χ2v) is 6.26. The molecule has 1 aliphatic heterocycles. The van der Waals surface area contributed by atoms with Crippen molar-refractivity contribution in [2.24, 2.45) is 11.8 Å². The molecule has 1 N–H and O–H groups in total. The number of rotatable bonds is 8. The number of piperidine rings is 1. The Morgan fingerprint density at radius 1 is 1.22 bits per heavy atom. The van der Waals surface area contributed by atoms with E-state index in [9.17, 15) is 0 Å². The van der Waals surface area contributed by atoms with Gasteiger partial charge >= 0.3 is 0 Å². The van der Waals surface area contributed by atoms with E-state index in [0.717, 1.165) is 38.0 Å². The standard InChI is InChI=1S/C15H30N2O/c1-13(15-6-9-17(2)10-7-15)16-8-3-11-18-12-14-4-5-14/h13-16H,3-12H2,1-2H3. The predicted octanol–water partition coefficient (Wildman–Crippen LogP) is 2.12. The van der Waals surface area contributed by atoms with Gasteiger partial charge in [0, 0.05) is 19.3 Å². The van der Waals surface area contributed by atoms with Gasteiger partial charge in [0.1, 0.15) is 0 Å². The van der Waals surface area contributed by atoms with Crippen LogP contribution in [0.15, 0.2) is 0 Å². The van der Waals surface area contributed by atoms with Crippen molar-refractivity contribution in [3.8, 4) is 0 Å². The first-order chi connectivity index (χ1) is 8.75. The van der Waals surface area contributed by atoms with Crippen LogP contribution in [-0.4, -0.2) is 50.8 Å². The molecule has 18 heavy (non-hydrogen) atoms. The molecule has 2 fully saturated rings. The van der Waals surface area contributed by atoms with Gasteiger partial charge in [-0.05, 0) is 77.5 Å². The van der Waals surface area contributed by atoms with Gasteiger partial charge in [0.25, 0.3) is 0 Å². The first-order valence-electron chi connectivity index (χ1n) is 7.75. The van der Waals surface area contributed by atoms with Crippen LogP contribution in [0, 0.1) is 11.8 Å². The molecule has 106 valence electrons. The van der Waals surface area contributed by atoms with Crippen LogP contribution in [0.5, 0.6) is 0 Å². The van der Waals surface area contributed by atoms with Crippen molar-refractivity contribution in [3.05, 3.63) is 0 Å². The molecular weight excluding hydrogens is 224 g/mol. The molecule has 0 aromatic heterocycles. The van der Waals surface area contributed by atoms with E-state index in [0.29, 0.717) is 6.04 Å². The van der Waals surface area contributed by atoms with Gasteiger partial charge in [-0.1, -0.05) is 0 Å². The lowest BCUT2D eigenvalue weighted by Crippen LogP contribution is -2.41. The van der Waals surface area contributed by atoms with E-state index in [1.54, 1.807) is 0 Å². The SMILES string of the molecule is CC(NCCCOCC1CC1)C1CCN(C)CC1. The summed E-state index contributed by atoms with van der Waals surface area (Å²) in [6.07, 6.45) is 6.65. The highest BCUT2D eigenvalue weighted by Gasteiger charge is 2.22. The summed E-state index contributed by atoms with van der Waals surface area (Å²) in [6, 6.07) is 0.669. The maximum atomic E-state index is 5.65. The van der Waals surface area contributed by atoms with E-state index in [2.05, 4.69) is 24.2 Å². The molecule has 2 rings (SSSR count). The number of hydrogen-bond acceptors (Lipinski definition) is 3. The van der Waals surface area contributed by atoms with E-state index in [4.69, 9.17) is 4.74 Å². The van der Waals surface area contributed by atoms with Gasteiger partial charge in [-0.2, -0.15) is 0 Å². The van der Waals surface area contributed by atoms with Crippen molar-refractivity contribution >= 4 is 0 Å². The molecule has 1 saturated carbocycles. The van der Waals surface area contributed by atoms with E-state index in [1.165, 1.54) is 38.8 Å². The van der Waals surface area contributed by atoms with E-state index < -0.39 is 0 Å². The largest absolute Gasteiger partial charge is 0.381 e. The van der Waals surface area contributed by atoms with Crippen molar-refractivity contribution in [1.29, 1.82) is 0 Å². The third-order valence-electron chi connectivity index (χ3n) is 4.45. The smallest absolute Gasteiger partial charge is 0.0494 e. The summed E-state index contributed by atoms with van der Waals surface area (Å²) in [6.45, 7) is 7.93. The van der Waals surface area contributed by atoms with Crippen LogP contribution in [0.4, 0.5) is 0 Å². The molecule has 1 aliphatic carbocycles. The number of hydrogen-bond donors (Lipinski definition) is 1. The Morgan fingerprint density at radius 3 is 2.61 bits per heavy atom. The quantitative estimate of drug-likeness (QED) is 0.672. The lowest BCUT2D eigenvalue weighted by atomic mass is 9.90. The highest BCUT2D eigenvalue weighted by atomic mass is 16.5. The fraction of sp³-hybridized carbons (Fsp3) is 1.00. The topological polar surface area (TPSA) is 24.5 Å². The van der Waals surface area contributed by atoms with Crippen molar-refractivity contribution in [3.63, 3.8) is 0 Å². The molecule has 1 heterocycles. The summed E-state index contributed by atoms with van der Waals surface area (Å²) in [4.78, 5) is 2.44. The van der Waals surface area contributed by atoms with Crippen molar-refractivity contribution < 1.29 is 4.74 Å². The zero-order valence-corrected chi connectivity index (χ0v) is 12.2. The molecule has 0 bridgehead atoms. The minimum absolute atomic E-state index is 0.669. The first kappa shape index (κ1) is 14.3. The number of ether oxygens (including phenoxy) is 1. The summed E-state index contributed by atoms with van der Waals surface area (Å²) in [5.74, 6) is 1.77. The Bertz CT molecular complexity index is 223. The minimum atomic E-state index is 0.669. The van der Waals surface area contributed by atoms with Crippen molar-refractivity contribution in [2.45, 2.75) is 45.1 Å². The van der Waals surface area contributed by atoms with E-state index in [-0.39, 0.29) is 0 Å². The summed E-state index contributed by atoms with van der Waals surface area (Å²) >= 11 is 0. The first-order valence-corrected chi connectivity index (χ1v) is 7.75. The molecule has 1 saturated heterocycles. The maximum absolute atomic E-state index is 5.65. The Hall–Kier alpha value is -0.120. The summed E-state index contributed by atoms with van der Waals surface area (Å²) < 4.78 is 5.65. The third-order valence-corrected chi connectivity index (χ3v) is 4.45. The number of nitrogens with one attached hydrogen (secondary N) is 1. The number of nitrogens with zero attached hydrogens (tertiary/aromatic N) is 1. The van der Waals surface area contributed by atoms with E-state index in [1.807, 2.05) is 0 Å². The molecule has 2 aliphatic rings. The summed E-state index contributed by atoms with van der Waals surface area (Å²) in [7, 11) is 2.23. The fourth-order valence-electron chi connectivity index (χ4n) is 2.73. The van der Waals surface area contributed by atoms with Gasteiger partial charge in [0.2, 0.25) is 0 Å². The minimum Gasteiger partial charge on any atom is -0.381 e. The van der Waals surface area contributed by atoms with Crippen LogP contribution in [0.1, 0.15) is 39.0 Å². The molecule has 0 aromatic carbocycles. The molecule has 1 unspecified atom stereocenters. The third kappa shape index (κ3) is 5.25. The molecule has 0 amide bonds. The fourth-order valence-corrected chi connectivity index (χ4v) is 2.73. The average Bonchev–Trinajstić information content (AvgIpc) is 3.18. The van der Waals surface area contributed by atoms with Gasteiger partial charge in [-0.25, -0.2) is 0 Å². The summed E-state index contributed by atoms with van der Waals surface area (Å²) in [5, 5.41) is 3.67. The van der Waals surface area contributed by atoms with Gasteiger partial charge in [0.05, 0.1) is 0 Å². The lowest BCUT2D eigenvalue weighted by Gasteiger charge is -2.33.